The van der Waals surface area contributed by atoms with Gasteiger partial charge in [0.15, 0.2) is 0 Å². The average molecular weight is 378 g/mol. The number of ether oxygens (including phenoxy) is 2. The van der Waals surface area contributed by atoms with Gasteiger partial charge >= 0.3 is 0 Å². The van der Waals surface area contributed by atoms with Crippen LogP contribution < -0.4 is 4.90 Å². The number of hydrogen-bond acceptors (Lipinski definition) is 3. The van der Waals surface area contributed by atoms with Gasteiger partial charge in [0, 0.05) is 15.6 Å². The fraction of sp³-hybridized carbons (Fsp3) is 0.316. The van der Waals surface area contributed by atoms with Crippen molar-refractivity contribution in [1.82, 2.24) is 0 Å². The Bertz CT molecular complexity index is 847. The second-order valence-corrected chi connectivity index (χ2v) is 7.11. The van der Waals surface area contributed by atoms with Crippen LogP contribution in [-0.4, -0.2) is 19.1 Å². The zero-order valence-corrected chi connectivity index (χ0v) is 15.2. The van der Waals surface area contributed by atoms with Gasteiger partial charge in [-0.05, 0) is 36.6 Å². The van der Waals surface area contributed by atoms with Crippen LogP contribution in [0.15, 0.2) is 36.4 Å². The molecule has 25 heavy (non-hydrogen) atoms. The fourth-order valence-electron chi connectivity index (χ4n) is 3.46. The molecule has 0 N–H and O–H groups in total. The van der Waals surface area contributed by atoms with Crippen molar-refractivity contribution in [1.29, 1.82) is 0 Å². The lowest BCUT2D eigenvalue weighted by molar-refractivity contribution is -0.256. The van der Waals surface area contributed by atoms with Crippen molar-refractivity contribution >= 4 is 34.8 Å². The molecule has 1 fully saturated rings. The number of anilines is 1. The van der Waals surface area contributed by atoms with Gasteiger partial charge in [-0.1, -0.05) is 47.5 Å². The minimum atomic E-state index is -1.33. The van der Waals surface area contributed by atoms with Crippen LogP contribution in [0.4, 0.5) is 5.69 Å². The summed E-state index contributed by atoms with van der Waals surface area (Å²) in [7, 11) is 0. The van der Waals surface area contributed by atoms with Crippen LogP contribution in [0.3, 0.4) is 0 Å². The van der Waals surface area contributed by atoms with E-state index in [1.54, 1.807) is 17.0 Å². The SMILES string of the molecule is Cc1cccc2c1N(Cc1ccc(Cl)cc1Cl)C(=O)C21OCCCO1. The van der Waals surface area contributed by atoms with Crippen LogP contribution in [0.25, 0.3) is 0 Å². The fourth-order valence-corrected chi connectivity index (χ4v) is 3.93. The van der Waals surface area contributed by atoms with Crippen molar-refractivity contribution < 1.29 is 14.3 Å². The lowest BCUT2D eigenvalue weighted by Gasteiger charge is -2.32. The highest BCUT2D eigenvalue weighted by atomic mass is 35.5. The second-order valence-electron chi connectivity index (χ2n) is 6.27. The molecule has 6 heteroatoms. The summed E-state index contributed by atoms with van der Waals surface area (Å²) in [5, 5.41) is 1.09. The lowest BCUT2D eigenvalue weighted by atomic mass is 10.0. The van der Waals surface area contributed by atoms with Gasteiger partial charge in [-0.2, -0.15) is 0 Å². The van der Waals surface area contributed by atoms with E-state index in [9.17, 15) is 4.79 Å². The van der Waals surface area contributed by atoms with Crippen LogP contribution in [0.1, 0.15) is 23.1 Å². The predicted molar refractivity (Wildman–Crippen MR) is 97.0 cm³/mol. The number of rotatable bonds is 2. The van der Waals surface area contributed by atoms with E-state index in [0.29, 0.717) is 29.8 Å². The molecule has 0 bridgehead atoms. The maximum Gasteiger partial charge on any atom is 0.292 e. The van der Waals surface area contributed by atoms with Crippen molar-refractivity contribution in [2.45, 2.75) is 25.7 Å². The number of carbonyl (C=O) groups is 1. The summed E-state index contributed by atoms with van der Waals surface area (Å²) in [4.78, 5) is 15.0. The number of para-hydroxylation sites is 1. The number of hydrogen-bond donors (Lipinski definition) is 0. The maximum atomic E-state index is 13.3. The Morgan fingerprint density at radius 2 is 1.92 bits per heavy atom. The number of halogens is 2. The molecule has 0 unspecified atom stereocenters. The molecule has 4 nitrogen and oxygen atoms in total. The van der Waals surface area contributed by atoms with E-state index in [4.69, 9.17) is 32.7 Å². The first-order valence-electron chi connectivity index (χ1n) is 8.17. The maximum absolute atomic E-state index is 13.3. The molecule has 1 amide bonds. The van der Waals surface area contributed by atoms with Crippen LogP contribution in [0.5, 0.6) is 0 Å². The smallest absolute Gasteiger partial charge is 0.292 e. The van der Waals surface area contributed by atoms with Crippen molar-refractivity contribution in [2.75, 3.05) is 18.1 Å². The highest BCUT2D eigenvalue weighted by molar-refractivity contribution is 6.35. The van der Waals surface area contributed by atoms with Gasteiger partial charge in [-0.25, -0.2) is 0 Å². The Labute approximate surface area is 156 Å². The Morgan fingerprint density at radius 3 is 2.64 bits per heavy atom. The van der Waals surface area contributed by atoms with Crippen molar-refractivity contribution in [3.05, 3.63) is 63.1 Å². The standard InChI is InChI=1S/C19H17Cl2NO3/c1-12-4-2-5-15-17(12)22(11-13-6-7-14(20)10-16(13)21)18(23)19(15)24-8-3-9-25-19/h2,4-7,10H,3,8-9,11H2,1H3. The van der Waals surface area contributed by atoms with E-state index in [-0.39, 0.29) is 5.91 Å². The zero-order chi connectivity index (χ0) is 17.6. The van der Waals surface area contributed by atoms with Crippen molar-refractivity contribution in [3.8, 4) is 0 Å². The molecule has 0 aliphatic carbocycles. The third-order valence-corrected chi connectivity index (χ3v) is 5.22. The summed E-state index contributed by atoms with van der Waals surface area (Å²) in [6, 6.07) is 11.1. The molecule has 0 radical (unpaired) electrons. The van der Waals surface area contributed by atoms with Crippen molar-refractivity contribution in [3.63, 3.8) is 0 Å². The molecule has 2 aromatic carbocycles. The van der Waals surface area contributed by atoms with Gasteiger partial charge in [-0.15, -0.1) is 0 Å². The van der Waals surface area contributed by atoms with Gasteiger partial charge in [-0.3, -0.25) is 4.79 Å². The Morgan fingerprint density at radius 1 is 1.16 bits per heavy atom. The molecule has 1 spiro atoms. The largest absolute Gasteiger partial charge is 0.338 e. The number of aryl methyl sites for hydroxylation is 1. The molecule has 1 saturated heterocycles. The van der Waals surface area contributed by atoms with E-state index >= 15 is 0 Å². The first kappa shape index (κ1) is 16.9. The molecular formula is C19H17Cl2NO3. The molecule has 0 atom stereocenters. The minimum absolute atomic E-state index is 0.206. The first-order chi connectivity index (χ1) is 12.0. The van der Waals surface area contributed by atoms with Gasteiger partial charge in [0.1, 0.15) is 0 Å². The monoisotopic (exact) mass is 377 g/mol. The van der Waals surface area contributed by atoms with Gasteiger partial charge in [0.25, 0.3) is 11.7 Å². The van der Waals surface area contributed by atoms with Gasteiger partial charge < -0.3 is 14.4 Å². The minimum Gasteiger partial charge on any atom is -0.338 e. The van der Waals surface area contributed by atoms with E-state index in [0.717, 1.165) is 28.8 Å². The molecular weight excluding hydrogens is 361 g/mol. The summed E-state index contributed by atoms with van der Waals surface area (Å²) in [5.41, 5.74) is 3.41. The summed E-state index contributed by atoms with van der Waals surface area (Å²) in [6.07, 6.45) is 0.777. The highest BCUT2D eigenvalue weighted by Gasteiger charge is 2.55. The van der Waals surface area contributed by atoms with Crippen LogP contribution in [0, 0.1) is 6.92 Å². The number of carbonyl (C=O) groups excluding carboxylic acids is 1. The highest BCUT2D eigenvalue weighted by Crippen LogP contribution is 2.47. The van der Waals surface area contributed by atoms with E-state index in [1.165, 1.54) is 0 Å². The normalized spacial score (nSPS) is 18.7. The Hall–Kier alpha value is -1.59. The molecule has 2 aliphatic heterocycles. The zero-order valence-electron chi connectivity index (χ0n) is 13.7. The molecule has 0 saturated carbocycles. The van der Waals surface area contributed by atoms with Crippen LogP contribution in [0.2, 0.25) is 10.0 Å². The number of nitrogens with zero attached hydrogens (tertiary/aromatic N) is 1. The number of fused-ring (bicyclic) bond motifs is 2. The van der Waals surface area contributed by atoms with Crippen LogP contribution >= 0.6 is 23.2 Å². The molecule has 2 heterocycles. The second kappa shape index (κ2) is 6.29. The van der Waals surface area contributed by atoms with Crippen molar-refractivity contribution in [2.24, 2.45) is 0 Å². The van der Waals surface area contributed by atoms with Crippen LogP contribution in [-0.2, 0) is 26.6 Å². The summed E-state index contributed by atoms with van der Waals surface area (Å²) in [5.74, 6) is -1.54. The molecule has 130 valence electrons. The third-order valence-electron chi connectivity index (χ3n) is 4.63. The summed E-state index contributed by atoms with van der Waals surface area (Å²) >= 11 is 12.3. The molecule has 4 rings (SSSR count). The van der Waals surface area contributed by atoms with E-state index < -0.39 is 5.79 Å². The molecule has 0 aromatic heterocycles. The summed E-state index contributed by atoms with van der Waals surface area (Å²) in [6.45, 7) is 3.30. The Kier molecular flexibility index (Phi) is 4.24. The van der Waals surface area contributed by atoms with E-state index in [2.05, 4.69) is 0 Å². The Balaban J connectivity index is 1.80. The third kappa shape index (κ3) is 2.64. The summed E-state index contributed by atoms with van der Waals surface area (Å²) < 4.78 is 11.7. The van der Waals surface area contributed by atoms with Gasteiger partial charge in [0.05, 0.1) is 25.4 Å². The molecule has 2 aliphatic rings. The number of amides is 1. The molecule has 2 aromatic rings. The van der Waals surface area contributed by atoms with E-state index in [1.807, 2.05) is 31.2 Å². The van der Waals surface area contributed by atoms with Gasteiger partial charge in [0.2, 0.25) is 0 Å². The topological polar surface area (TPSA) is 38.8 Å². The first-order valence-corrected chi connectivity index (χ1v) is 8.92. The predicted octanol–water partition coefficient (Wildman–Crippen LogP) is 4.44. The lowest BCUT2D eigenvalue weighted by Crippen LogP contribution is -2.47. The average Bonchev–Trinajstić information content (AvgIpc) is 2.82. The quantitative estimate of drug-likeness (QED) is 0.776. The number of benzene rings is 2.